The number of likely N-dealkylation sites (N-methyl/N-ethyl adjacent to an activating group) is 1. The van der Waals surface area contributed by atoms with E-state index in [-0.39, 0.29) is 24.7 Å². The Morgan fingerprint density at radius 1 is 0.958 bits per heavy atom. The number of nitrogens with one attached hydrogen (secondary N) is 2. The summed E-state index contributed by atoms with van der Waals surface area (Å²) >= 11 is 0. The highest BCUT2D eigenvalue weighted by Gasteiger charge is 2.12. The standard InChI is InChI=1S/C17H17F2N3O2/c1-22(10-16(23)20-13-6-4-5-12(18)9-13)11-17(24)21-15-8-3-2-7-14(15)19/h2-9H,10-11H2,1H3,(H,20,23)(H,21,24). The predicted molar refractivity (Wildman–Crippen MR) is 87.6 cm³/mol. The molecule has 2 aromatic rings. The zero-order chi connectivity index (χ0) is 17.5. The van der Waals surface area contributed by atoms with Crippen molar-refractivity contribution in [3.63, 3.8) is 0 Å². The van der Waals surface area contributed by atoms with Crippen LogP contribution in [0.1, 0.15) is 0 Å². The van der Waals surface area contributed by atoms with Gasteiger partial charge in [-0.25, -0.2) is 8.78 Å². The Balaban J connectivity index is 1.81. The van der Waals surface area contributed by atoms with Crippen molar-refractivity contribution in [3.05, 3.63) is 60.2 Å². The molecule has 2 aromatic carbocycles. The van der Waals surface area contributed by atoms with Gasteiger partial charge in [0.05, 0.1) is 18.8 Å². The summed E-state index contributed by atoms with van der Waals surface area (Å²) in [7, 11) is 1.58. The van der Waals surface area contributed by atoms with E-state index in [1.54, 1.807) is 19.2 Å². The summed E-state index contributed by atoms with van der Waals surface area (Å²) in [5.74, 6) is -1.81. The Kier molecular flexibility index (Phi) is 5.97. The third-order valence-electron chi connectivity index (χ3n) is 3.08. The van der Waals surface area contributed by atoms with Crippen LogP contribution in [0.2, 0.25) is 0 Å². The molecule has 2 rings (SSSR count). The van der Waals surface area contributed by atoms with Gasteiger partial charge in [-0.1, -0.05) is 18.2 Å². The Morgan fingerprint density at radius 3 is 2.29 bits per heavy atom. The van der Waals surface area contributed by atoms with Gasteiger partial charge in [-0.05, 0) is 37.4 Å². The lowest BCUT2D eigenvalue weighted by Crippen LogP contribution is -2.36. The Bertz CT molecular complexity index is 737. The van der Waals surface area contributed by atoms with E-state index in [0.717, 1.165) is 0 Å². The molecule has 0 bridgehead atoms. The van der Waals surface area contributed by atoms with Crippen molar-refractivity contribution < 1.29 is 18.4 Å². The minimum Gasteiger partial charge on any atom is -0.325 e. The monoisotopic (exact) mass is 333 g/mol. The molecule has 2 amide bonds. The molecule has 2 N–H and O–H groups in total. The molecule has 0 aliphatic heterocycles. The number of carbonyl (C=O) groups is 2. The molecule has 7 heteroatoms. The van der Waals surface area contributed by atoms with Crippen LogP contribution in [0.3, 0.4) is 0 Å². The van der Waals surface area contributed by atoms with Crippen LogP contribution in [0, 0.1) is 11.6 Å². The fraction of sp³-hybridized carbons (Fsp3) is 0.176. The topological polar surface area (TPSA) is 61.4 Å². The number of para-hydroxylation sites is 1. The first-order valence-corrected chi connectivity index (χ1v) is 7.22. The van der Waals surface area contributed by atoms with E-state index in [9.17, 15) is 18.4 Å². The number of carbonyl (C=O) groups excluding carboxylic acids is 2. The van der Waals surface area contributed by atoms with Gasteiger partial charge in [0, 0.05) is 5.69 Å². The first kappa shape index (κ1) is 17.6. The lowest BCUT2D eigenvalue weighted by atomic mass is 10.3. The molecule has 0 fully saturated rings. The first-order valence-electron chi connectivity index (χ1n) is 7.22. The Labute approximate surface area is 138 Å². The van der Waals surface area contributed by atoms with Gasteiger partial charge in [0.2, 0.25) is 11.8 Å². The minimum absolute atomic E-state index is 0.0682. The van der Waals surface area contributed by atoms with Gasteiger partial charge in [-0.15, -0.1) is 0 Å². The van der Waals surface area contributed by atoms with Crippen LogP contribution in [0.15, 0.2) is 48.5 Å². The summed E-state index contributed by atoms with van der Waals surface area (Å²) in [4.78, 5) is 25.2. The molecular weight excluding hydrogens is 316 g/mol. The SMILES string of the molecule is CN(CC(=O)Nc1cccc(F)c1)CC(=O)Nc1ccccc1F. The normalized spacial score (nSPS) is 10.5. The molecule has 5 nitrogen and oxygen atoms in total. The fourth-order valence-corrected chi connectivity index (χ4v) is 2.07. The number of hydrogen-bond donors (Lipinski definition) is 2. The molecule has 0 aliphatic rings. The van der Waals surface area contributed by atoms with Gasteiger partial charge < -0.3 is 10.6 Å². The second-order valence-electron chi connectivity index (χ2n) is 5.26. The van der Waals surface area contributed by atoms with E-state index in [4.69, 9.17) is 0 Å². The van der Waals surface area contributed by atoms with Crippen molar-refractivity contribution in [2.24, 2.45) is 0 Å². The molecule has 0 atom stereocenters. The summed E-state index contributed by atoms with van der Waals surface area (Å²) in [6.45, 7) is -0.161. The second-order valence-corrected chi connectivity index (χ2v) is 5.26. The lowest BCUT2D eigenvalue weighted by molar-refractivity contribution is -0.119. The largest absolute Gasteiger partial charge is 0.325 e. The quantitative estimate of drug-likeness (QED) is 0.854. The third kappa shape index (κ3) is 5.44. The van der Waals surface area contributed by atoms with Crippen LogP contribution >= 0.6 is 0 Å². The summed E-state index contributed by atoms with van der Waals surface area (Å²) in [6.07, 6.45) is 0. The minimum atomic E-state index is -0.530. The van der Waals surface area contributed by atoms with Crippen molar-refractivity contribution in [2.75, 3.05) is 30.8 Å². The van der Waals surface area contributed by atoms with Crippen molar-refractivity contribution in [3.8, 4) is 0 Å². The molecule has 0 saturated carbocycles. The van der Waals surface area contributed by atoms with Gasteiger partial charge in [-0.2, -0.15) is 0 Å². The van der Waals surface area contributed by atoms with Crippen molar-refractivity contribution in [1.82, 2.24) is 4.90 Å². The fourth-order valence-electron chi connectivity index (χ4n) is 2.07. The summed E-state index contributed by atoms with van der Waals surface area (Å²) in [6, 6.07) is 11.3. The smallest absolute Gasteiger partial charge is 0.238 e. The molecule has 0 spiro atoms. The number of hydrogen-bond acceptors (Lipinski definition) is 3. The molecule has 0 radical (unpaired) electrons. The molecule has 126 valence electrons. The molecule has 0 saturated heterocycles. The van der Waals surface area contributed by atoms with Gasteiger partial charge in [0.1, 0.15) is 11.6 Å². The second kappa shape index (κ2) is 8.16. The summed E-state index contributed by atoms with van der Waals surface area (Å²) in [5.41, 5.74) is 0.421. The van der Waals surface area contributed by atoms with Gasteiger partial charge in [0.25, 0.3) is 0 Å². The summed E-state index contributed by atoms with van der Waals surface area (Å²) in [5, 5.41) is 4.97. The molecule has 24 heavy (non-hydrogen) atoms. The first-order chi connectivity index (χ1) is 11.4. The van der Waals surface area contributed by atoms with Crippen molar-refractivity contribution >= 4 is 23.2 Å². The van der Waals surface area contributed by atoms with Crippen LogP contribution in [-0.2, 0) is 9.59 Å². The molecule has 0 aromatic heterocycles. The maximum atomic E-state index is 13.4. The van der Waals surface area contributed by atoms with Gasteiger partial charge >= 0.3 is 0 Å². The number of benzene rings is 2. The Hall–Kier alpha value is -2.80. The average molecular weight is 333 g/mol. The highest BCUT2D eigenvalue weighted by atomic mass is 19.1. The van der Waals surface area contributed by atoms with E-state index in [2.05, 4.69) is 10.6 Å². The molecule has 0 aliphatic carbocycles. The highest BCUT2D eigenvalue weighted by Crippen LogP contribution is 2.12. The maximum absolute atomic E-state index is 13.4. The highest BCUT2D eigenvalue weighted by molar-refractivity contribution is 5.94. The number of anilines is 2. The van der Waals surface area contributed by atoms with E-state index in [0.29, 0.717) is 5.69 Å². The van der Waals surface area contributed by atoms with Crippen LogP contribution < -0.4 is 10.6 Å². The molecule has 0 heterocycles. The third-order valence-corrected chi connectivity index (χ3v) is 3.08. The predicted octanol–water partition coefficient (Wildman–Crippen LogP) is 2.47. The van der Waals surface area contributed by atoms with E-state index in [1.807, 2.05) is 0 Å². The van der Waals surface area contributed by atoms with Crippen molar-refractivity contribution in [2.45, 2.75) is 0 Å². The van der Waals surface area contributed by atoms with Crippen LogP contribution in [-0.4, -0.2) is 36.9 Å². The van der Waals surface area contributed by atoms with Crippen LogP contribution in [0.5, 0.6) is 0 Å². The molecular formula is C17H17F2N3O2. The molecule has 0 unspecified atom stereocenters. The zero-order valence-electron chi connectivity index (χ0n) is 13.1. The van der Waals surface area contributed by atoms with Gasteiger partial charge in [-0.3, -0.25) is 14.5 Å². The van der Waals surface area contributed by atoms with Gasteiger partial charge in [0.15, 0.2) is 0 Å². The van der Waals surface area contributed by atoms with E-state index < -0.39 is 17.5 Å². The Morgan fingerprint density at radius 2 is 1.62 bits per heavy atom. The zero-order valence-corrected chi connectivity index (χ0v) is 13.1. The van der Waals surface area contributed by atoms with Crippen LogP contribution in [0.25, 0.3) is 0 Å². The maximum Gasteiger partial charge on any atom is 0.238 e. The number of nitrogens with zero attached hydrogens (tertiary/aromatic N) is 1. The average Bonchev–Trinajstić information content (AvgIpc) is 2.49. The van der Waals surface area contributed by atoms with Crippen LogP contribution in [0.4, 0.5) is 20.2 Å². The van der Waals surface area contributed by atoms with E-state index in [1.165, 1.54) is 41.3 Å². The summed E-state index contributed by atoms with van der Waals surface area (Å²) < 4.78 is 26.5. The number of rotatable bonds is 6. The number of amides is 2. The van der Waals surface area contributed by atoms with Crippen molar-refractivity contribution in [1.29, 1.82) is 0 Å². The lowest BCUT2D eigenvalue weighted by Gasteiger charge is -2.16. The van der Waals surface area contributed by atoms with E-state index >= 15 is 0 Å². The number of halogens is 2.